The van der Waals surface area contributed by atoms with Crippen molar-refractivity contribution in [1.29, 1.82) is 0 Å². The first kappa shape index (κ1) is 14.3. The molecule has 2 aliphatic heterocycles. The molecular weight excluding hydrogens is 226 g/mol. The van der Waals surface area contributed by atoms with Gasteiger partial charge in [-0.1, -0.05) is 0 Å². The van der Waals surface area contributed by atoms with Crippen molar-refractivity contribution in [2.45, 2.75) is 77.2 Å². The molecule has 18 heavy (non-hydrogen) atoms. The predicted octanol–water partition coefficient (Wildman–Crippen LogP) is 2.43. The standard InChI is InChI=1S/C15H29NO2/c1-13(2)8-7-9-16(13)10-11-12(17)15(5,6)18-14(11,3)4/h11-12,17H,7-10H2,1-6H3. The minimum absolute atomic E-state index is 0.185. The molecule has 0 saturated carbocycles. The number of likely N-dealkylation sites (tertiary alicyclic amines) is 1. The van der Waals surface area contributed by atoms with Gasteiger partial charge >= 0.3 is 0 Å². The van der Waals surface area contributed by atoms with Gasteiger partial charge in [0.25, 0.3) is 0 Å². The first-order valence-corrected chi connectivity index (χ1v) is 7.19. The summed E-state index contributed by atoms with van der Waals surface area (Å²) in [6.45, 7) is 14.9. The molecule has 0 aromatic carbocycles. The first-order chi connectivity index (χ1) is 8.06. The molecule has 0 aromatic heterocycles. The second-order valence-electron chi connectivity index (χ2n) is 7.72. The largest absolute Gasteiger partial charge is 0.390 e. The molecule has 0 spiro atoms. The number of nitrogens with zero attached hydrogens (tertiary/aromatic N) is 1. The van der Waals surface area contributed by atoms with E-state index in [-0.39, 0.29) is 23.2 Å². The first-order valence-electron chi connectivity index (χ1n) is 7.19. The molecule has 2 aliphatic rings. The van der Waals surface area contributed by atoms with Crippen molar-refractivity contribution in [3.8, 4) is 0 Å². The SMILES string of the molecule is CC1(C)OC(C)(C)C(CN2CCCC2(C)C)C1O. The highest BCUT2D eigenvalue weighted by atomic mass is 16.5. The van der Waals surface area contributed by atoms with Crippen molar-refractivity contribution >= 4 is 0 Å². The van der Waals surface area contributed by atoms with Crippen molar-refractivity contribution in [2.75, 3.05) is 13.1 Å². The molecular formula is C15H29NO2. The summed E-state index contributed by atoms with van der Waals surface area (Å²) in [6.07, 6.45) is 2.13. The van der Waals surface area contributed by atoms with E-state index in [4.69, 9.17) is 4.74 Å². The van der Waals surface area contributed by atoms with E-state index in [9.17, 15) is 5.11 Å². The normalized spacial score (nSPS) is 38.2. The second-order valence-corrected chi connectivity index (χ2v) is 7.72. The van der Waals surface area contributed by atoms with E-state index in [1.807, 2.05) is 13.8 Å². The lowest BCUT2D eigenvalue weighted by atomic mass is 9.83. The average molecular weight is 255 g/mol. The van der Waals surface area contributed by atoms with Crippen LogP contribution in [0.5, 0.6) is 0 Å². The fraction of sp³-hybridized carbons (Fsp3) is 1.00. The second kappa shape index (κ2) is 4.19. The molecule has 3 nitrogen and oxygen atoms in total. The van der Waals surface area contributed by atoms with Crippen molar-refractivity contribution in [3.63, 3.8) is 0 Å². The average Bonchev–Trinajstić information content (AvgIpc) is 2.57. The van der Waals surface area contributed by atoms with E-state index in [1.54, 1.807) is 0 Å². The third kappa shape index (κ3) is 2.33. The zero-order chi connectivity index (χ0) is 13.8. The number of rotatable bonds is 2. The van der Waals surface area contributed by atoms with Gasteiger partial charge in [-0.25, -0.2) is 0 Å². The van der Waals surface area contributed by atoms with E-state index < -0.39 is 5.60 Å². The molecule has 2 unspecified atom stereocenters. The maximum absolute atomic E-state index is 10.5. The molecule has 1 N–H and O–H groups in total. The van der Waals surface area contributed by atoms with E-state index in [2.05, 4.69) is 32.6 Å². The number of aliphatic hydroxyl groups is 1. The zero-order valence-electron chi connectivity index (χ0n) is 12.8. The molecule has 0 aliphatic carbocycles. The highest BCUT2D eigenvalue weighted by Gasteiger charge is 2.54. The summed E-state index contributed by atoms with van der Waals surface area (Å²) in [4.78, 5) is 2.52. The quantitative estimate of drug-likeness (QED) is 0.822. The van der Waals surface area contributed by atoms with Gasteiger partial charge in [0.15, 0.2) is 0 Å². The lowest BCUT2D eigenvalue weighted by Gasteiger charge is -2.37. The summed E-state index contributed by atoms with van der Waals surface area (Å²) in [7, 11) is 0. The van der Waals surface area contributed by atoms with Crippen LogP contribution in [0.1, 0.15) is 54.4 Å². The fourth-order valence-electron chi connectivity index (χ4n) is 3.74. The molecule has 2 rings (SSSR count). The Morgan fingerprint density at radius 3 is 2.11 bits per heavy atom. The van der Waals surface area contributed by atoms with Crippen molar-refractivity contribution in [1.82, 2.24) is 4.90 Å². The van der Waals surface area contributed by atoms with Crippen LogP contribution in [0.25, 0.3) is 0 Å². The third-order valence-electron chi connectivity index (χ3n) is 5.00. The summed E-state index contributed by atoms with van der Waals surface area (Å²) in [6, 6.07) is 0. The Balaban J connectivity index is 2.13. The van der Waals surface area contributed by atoms with Crippen LogP contribution in [0.4, 0.5) is 0 Å². The minimum atomic E-state index is -0.433. The molecule has 0 bridgehead atoms. The van der Waals surface area contributed by atoms with Crippen LogP contribution in [-0.4, -0.2) is 45.9 Å². The van der Waals surface area contributed by atoms with E-state index in [0.29, 0.717) is 0 Å². The molecule has 0 amide bonds. The summed E-state index contributed by atoms with van der Waals surface area (Å²) in [5, 5.41) is 10.5. The van der Waals surface area contributed by atoms with Crippen molar-refractivity contribution in [2.24, 2.45) is 5.92 Å². The van der Waals surface area contributed by atoms with Gasteiger partial charge in [0, 0.05) is 18.0 Å². The Morgan fingerprint density at radius 1 is 1.11 bits per heavy atom. The lowest BCUT2D eigenvalue weighted by molar-refractivity contribution is -0.0916. The summed E-state index contributed by atoms with van der Waals surface area (Å²) in [5.74, 6) is 0.185. The van der Waals surface area contributed by atoms with Crippen molar-refractivity contribution < 1.29 is 9.84 Å². The summed E-state index contributed by atoms with van der Waals surface area (Å²) >= 11 is 0. The van der Waals surface area contributed by atoms with Crippen molar-refractivity contribution in [3.05, 3.63) is 0 Å². The highest BCUT2D eigenvalue weighted by molar-refractivity contribution is 5.04. The molecule has 3 heteroatoms. The molecule has 2 fully saturated rings. The third-order valence-corrected chi connectivity index (χ3v) is 5.00. The maximum atomic E-state index is 10.5. The van der Waals surface area contributed by atoms with Crippen LogP contribution >= 0.6 is 0 Å². The molecule has 0 radical (unpaired) electrons. The van der Waals surface area contributed by atoms with Gasteiger partial charge in [0.2, 0.25) is 0 Å². The Labute approximate surface area is 112 Å². The Kier molecular flexibility index (Phi) is 3.33. The summed E-state index contributed by atoms with van der Waals surface area (Å²) < 4.78 is 6.06. The van der Waals surface area contributed by atoms with Crippen LogP contribution in [0.15, 0.2) is 0 Å². The predicted molar refractivity (Wildman–Crippen MR) is 73.6 cm³/mol. The van der Waals surface area contributed by atoms with Gasteiger partial charge < -0.3 is 9.84 Å². The van der Waals surface area contributed by atoms with Gasteiger partial charge in [-0.15, -0.1) is 0 Å². The molecule has 2 atom stereocenters. The maximum Gasteiger partial charge on any atom is 0.0896 e. The zero-order valence-corrected chi connectivity index (χ0v) is 12.8. The smallest absolute Gasteiger partial charge is 0.0896 e. The van der Waals surface area contributed by atoms with E-state index >= 15 is 0 Å². The molecule has 2 saturated heterocycles. The van der Waals surface area contributed by atoms with Crippen LogP contribution in [0.3, 0.4) is 0 Å². The molecule has 0 aromatic rings. The van der Waals surface area contributed by atoms with Gasteiger partial charge in [-0.3, -0.25) is 4.90 Å². The van der Waals surface area contributed by atoms with Gasteiger partial charge in [0.05, 0.1) is 17.3 Å². The Bertz CT molecular complexity index is 322. The number of ether oxygens (including phenoxy) is 1. The Morgan fingerprint density at radius 2 is 1.72 bits per heavy atom. The topological polar surface area (TPSA) is 32.7 Å². The number of aliphatic hydroxyl groups excluding tert-OH is 1. The summed E-state index contributed by atoms with van der Waals surface area (Å²) in [5.41, 5.74) is -0.415. The fourth-order valence-corrected chi connectivity index (χ4v) is 3.74. The van der Waals surface area contributed by atoms with Gasteiger partial charge in [-0.05, 0) is 60.9 Å². The Hall–Kier alpha value is -0.120. The number of hydrogen-bond acceptors (Lipinski definition) is 3. The monoisotopic (exact) mass is 255 g/mol. The van der Waals surface area contributed by atoms with Crippen LogP contribution < -0.4 is 0 Å². The number of hydrogen-bond donors (Lipinski definition) is 1. The van der Waals surface area contributed by atoms with E-state index in [0.717, 1.165) is 13.1 Å². The van der Waals surface area contributed by atoms with Crippen LogP contribution in [0.2, 0.25) is 0 Å². The van der Waals surface area contributed by atoms with Gasteiger partial charge in [-0.2, -0.15) is 0 Å². The van der Waals surface area contributed by atoms with E-state index in [1.165, 1.54) is 12.8 Å². The molecule has 2 heterocycles. The lowest BCUT2D eigenvalue weighted by Crippen LogP contribution is -2.48. The van der Waals surface area contributed by atoms with Crippen LogP contribution in [-0.2, 0) is 4.74 Å². The van der Waals surface area contributed by atoms with Crippen LogP contribution in [0, 0.1) is 5.92 Å². The van der Waals surface area contributed by atoms with Gasteiger partial charge in [0.1, 0.15) is 0 Å². The molecule has 106 valence electrons. The highest BCUT2D eigenvalue weighted by Crippen LogP contribution is 2.44. The minimum Gasteiger partial charge on any atom is -0.390 e.